The van der Waals surface area contributed by atoms with E-state index in [2.05, 4.69) is 59.9 Å². The van der Waals surface area contributed by atoms with Gasteiger partial charge in [-0.25, -0.2) is 0 Å². The molecule has 1 nitrogen and oxygen atoms in total. The van der Waals surface area contributed by atoms with Gasteiger partial charge in [0.05, 0.1) is 0 Å². The van der Waals surface area contributed by atoms with Gasteiger partial charge in [-0.3, -0.25) is 0 Å². The fourth-order valence-corrected chi connectivity index (χ4v) is 2.41. The van der Waals surface area contributed by atoms with Crippen LogP contribution in [0.25, 0.3) is 0 Å². The van der Waals surface area contributed by atoms with Gasteiger partial charge in [-0.2, -0.15) is 0 Å². The Kier molecular flexibility index (Phi) is 5.23. The second kappa shape index (κ2) is 6.21. The van der Waals surface area contributed by atoms with E-state index in [-0.39, 0.29) is 0 Å². The van der Waals surface area contributed by atoms with Crippen LogP contribution >= 0.6 is 15.9 Å². The van der Waals surface area contributed by atoms with Gasteiger partial charge in [0.25, 0.3) is 0 Å². The highest BCUT2D eigenvalue weighted by Crippen LogP contribution is 2.25. The standard InChI is InChI=1S/C14H20BrN/c1-5-10(2)8-14(16-4)12-6-11(3)7-13(15)9-12/h6-7,9,14,16H,2,5,8H2,1,3-4H3. The zero-order valence-corrected chi connectivity index (χ0v) is 11.9. The van der Waals surface area contributed by atoms with Gasteiger partial charge in [0.1, 0.15) is 0 Å². The third-order valence-electron chi connectivity index (χ3n) is 2.81. The summed E-state index contributed by atoms with van der Waals surface area (Å²) in [5.41, 5.74) is 3.90. The minimum Gasteiger partial charge on any atom is -0.313 e. The van der Waals surface area contributed by atoms with Crippen molar-refractivity contribution in [2.75, 3.05) is 7.05 Å². The average Bonchev–Trinajstić information content (AvgIpc) is 2.24. The van der Waals surface area contributed by atoms with Crippen LogP contribution in [-0.2, 0) is 0 Å². The van der Waals surface area contributed by atoms with E-state index in [9.17, 15) is 0 Å². The van der Waals surface area contributed by atoms with E-state index in [1.165, 1.54) is 16.7 Å². The fourth-order valence-electron chi connectivity index (χ4n) is 1.79. The van der Waals surface area contributed by atoms with E-state index in [4.69, 9.17) is 0 Å². The molecule has 0 saturated carbocycles. The molecule has 1 aromatic carbocycles. The predicted molar refractivity (Wildman–Crippen MR) is 74.7 cm³/mol. The molecular formula is C14H20BrN. The van der Waals surface area contributed by atoms with Gasteiger partial charge >= 0.3 is 0 Å². The molecule has 0 aliphatic rings. The molecule has 2 heteroatoms. The third kappa shape index (κ3) is 3.76. The second-order valence-electron chi connectivity index (χ2n) is 4.21. The van der Waals surface area contributed by atoms with Crippen LogP contribution in [0.15, 0.2) is 34.8 Å². The van der Waals surface area contributed by atoms with Gasteiger partial charge in [-0.1, -0.05) is 41.1 Å². The summed E-state index contributed by atoms with van der Waals surface area (Å²) < 4.78 is 1.14. The maximum atomic E-state index is 4.08. The maximum Gasteiger partial charge on any atom is 0.0355 e. The summed E-state index contributed by atoms with van der Waals surface area (Å²) in [7, 11) is 2.00. The largest absolute Gasteiger partial charge is 0.313 e. The Morgan fingerprint density at radius 1 is 1.44 bits per heavy atom. The monoisotopic (exact) mass is 281 g/mol. The molecule has 0 radical (unpaired) electrons. The molecule has 1 atom stereocenters. The van der Waals surface area contributed by atoms with Crippen molar-refractivity contribution < 1.29 is 0 Å². The molecule has 1 rings (SSSR count). The molecule has 0 aliphatic carbocycles. The highest BCUT2D eigenvalue weighted by atomic mass is 79.9. The molecule has 0 fully saturated rings. The number of benzene rings is 1. The van der Waals surface area contributed by atoms with E-state index < -0.39 is 0 Å². The van der Waals surface area contributed by atoms with Gasteiger partial charge in [0, 0.05) is 10.5 Å². The van der Waals surface area contributed by atoms with Crippen molar-refractivity contribution >= 4 is 15.9 Å². The molecular weight excluding hydrogens is 262 g/mol. The maximum absolute atomic E-state index is 4.08. The van der Waals surface area contributed by atoms with Crippen LogP contribution in [0.1, 0.15) is 36.9 Å². The van der Waals surface area contributed by atoms with Crippen LogP contribution in [0.4, 0.5) is 0 Å². The van der Waals surface area contributed by atoms with Crippen LogP contribution < -0.4 is 5.32 Å². The lowest BCUT2D eigenvalue weighted by atomic mass is 9.97. The molecule has 88 valence electrons. The first-order chi connectivity index (χ1) is 7.56. The van der Waals surface area contributed by atoms with Crippen LogP contribution in [-0.4, -0.2) is 7.05 Å². The molecule has 0 aromatic heterocycles. The Morgan fingerprint density at radius 2 is 2.12 bits per heavy atom. The van der Waals surface area contributed by atoms with E-state index in [0.29, 0.717) is 6.04 Å². The van der Waals surface area contributed by atoms with E-state index in [1.807, 2.05) is 7.05 Å². The molecule has 0 amide bonds. The topological polar surface area (TPSA) is 12.0 Å². The molecule has 1 N–H and O–H groups in total. The average molecular weight is 282 g/mol. The van der Waals surface area contributed by atoms with Crippen molar-refractivity contribution in [2.45, 2.75) is 32.7 Å². The quantitative estimate of drug-likeness (QED) is 0.790. The zero-order valence-electron chi connectivity index (χ0n) is 10.3. The van der Waals surface area contributed by atoms with E-state index >= 15 is 0 Å². The van der Waals surface area contributed by atoms with Gasteiger partial charge in [0.2, 0.25) is 0 Å². The Morgan fingerprint density at radius 3 is 2.62 bits per heavy atom. The number of hydrogen-bond donors (Lipinski definition) is 1. The highest BCUT2D eigenvalue weighted by Gasteiger charge is 2.10. The number of rotatable bonds is 5. The van der Waals surface area contributed by atoms with Crippen molar-refractivity contribution in [1.29, 1.82) is 0 Å². The summed E-state index contributed by atoms with van der Waals surface area (Å²) in [4.78, 5) is 0. The van der Waals surface area contributed by atoms with Gasteiger partial charge < -0.3 is 5.32 Å². The SMILES string of the molecule is C=C(CC)CC(NC)c1cc(C)cc(Br)c1. The van der Waals surface area contributed by atoms with Crippen molar-refractivity contribution in [3.05, 3.63) is 46.0 Å². The molecule has 16 heavy (non-hydrogen) atoms. The number of halogens is 1. The van der Waals surface area contributed by atoms with Crippen molar-refractivity contribution in [2.24, 2.45) is 0 Å². The summed E-state index contributed by atoms with van der Waals surface area (Å²) in [5, 5.41) is 3.36. The molecule has 0 spiro atoms. The smallest absolute Gasteiger partial charge is 0.0355 e. The predicted octanol–water partition coefficient (Wildman–Crippen LogP) is 4.37. The van der Waals surface area contributed by atoms with Gasteiger partial charge in [-0.15, -0.1) is 0 Å². The number of nitrogens with one attached hydrogen (secondary N) is 1. The highest BCUT2D eigenvalue weighted by molar-refractivity contribution is 9.10. The summed E-state index contributed by atoms with van der Waals surface area (Å²) in [5.74, 6) is 0. The summed E-state index contributed by atoms with van der Waals surface area (Å²) >= 11 is 3.54. The van der Waals surface area contributed by atoms with E-state index in [1.54, 1.807) is 0 Å². The lowest BCUT2D eigenvalue weighted by Gasteiger charge is -2.18. The normalized spacial score (nSPS) is 12.5. The minimum absolute atomic E-state index is 0.364. The Balaban J connectivity index is 2.90. The van der Waals surface area contributed by atoms with Crippen LogP contribution in [0.5, 0.6) is 0 Å². The fraction of sp³-hybridized carbons (Fsp3) is 0.429. The lowest BCUT2D eigenvalue weighted by Crippen LogP contribution is -2.17. The first-order valence-electron chi connectivity index (χ1n) is 5.67. The van der Waals surface area contributed by atoms with Gasteiger partial charge in [-0.05, 0) is 50.1 Å². The summed E-state index contributed by atoms with van der Waals surface area (Å²) in [6.07, 6.45) is 2.05. The number of hydrogen-bond acceptors (Lipinski definition) is 1. The molecule has 0 bridgehead atoms. The molecule has 1 unspecified atom stereocenters. The van der Waals surface area contributed by atoms with Gasteiger partial charge in [0.15, 0.2) is 0 Å². The minimum atomic E-state index is 0.364. The molecule has 0 aliphatic heterocycles. The second-order valence-corrected chi connectivity index (χ2v) is 5.13. The summed E-state index contributed by atoms with van der Waals surface area (Å²) in [6.45, 7) is 8.35. The third-order valence-corrected chi connectivity index (χ3v) is 3.27. The molecule has 0 saturated heterocycles. The van der Waals surface area contributed by atoms with Crippen molar-refractivity contribution in [1.82, 2.24) is 5.32 Å². The van der Waals surface area contributed by atoms with Crippen molar-refractivity contribution in [3.8, 4) is 0 Å². The van der Waals surface area contributed by atoms with Crippen LogP contribution in [0.2, 0.25) is 0 Å². The molecule has 0 heterocycles. The number of aryl methyl sites for hydroxylation is 1. The Labute approximate surface area is 107 Å². The molecule has 1 aromatic rings. The zero-order chi connectivity index (χ0) is 12.1. The van der Waals surface area contributed by atoms with Crippen LogP contribution in [0.3, 0.4) is 0 Å². The first-order valence-corrected chi connectivity index (χ1v) is 6.47. The lowest BCUT2D eigenvalue weighted by molar-refractivity contribution is 0.582. The van der Waals surface area contributed by atoms with Crippen LogP contribution in [0, 0.1) is 6.92 Å². The summed E-state index contributed by atoms with van der Waals surface area (Å²) in [6, 6.07) is 6.90. The first kappa shape index (κ1) is 13.5. The Bertz CT molecular complexity index is 351. The Hall–Kier alpha value is -0.600. The van der Waals surface area contributed by atoms with Crippen molar-refractivity contribution in [3.63, 3.8) is 0 Å². The van der Waals surface area contributed by atoms with E-state index in [0.717, 1.165) is 17.3 Å².